The van der Waals surface area contributed by atoms with Crippen LogP contribution < -0.4 is 5.32 Å². The first-order chi connectivity index (χ1) is 9.29. The molecule has 0 amide bonds. The van der Waals surface area contributed by atoms with Crippen LogP contribution in [0.4, 0.5) is 0 Å². The summed E-state index contributed by atoms with van der Waals surface area (Å²) in [5.74, 6) is 0.524. The minimum absolute atomic E-state index is 0.168. The average Bonchev–Trinajstić information content (AvgIpc) is 3.23. The van der Waals surface area contributed by atoms with E-state index in [1.807, 2.05) is 6.92 Å². The molecule has 4 nitrogen and oxygen atoms in total. The van der Waals surface area contributed by atoms with Crippen LogP contribution in [-0.4, -0.2) is 37.9 Å². The van der Waals surface area contributed by atoms with Gasteiger partial charge < -0.3 is 9.47 Å². The van der Waals surface area contributed by atoms with Crippen molar-refractivity contribution >= 4 is 5.97 Å². The van der Waals surface area contributed by atoms with Gasteiger partial charge in [0.25, 0.3) is 0 Å². The molecule has 0 spiro atoms. The van der Waals surface area contributed by atoms with E-state index in [0.717, 1.165) is 6.61 Å². The number of carbonyl (C=O) groups excluding carboxylic acids is 1. The van der Waals surface area contributed by atoms with Crippen LogP contribution in [0.25, 0.3) is 0 Å². The molecule has 1 atom stereocenters. The lowest BCUT2D eigenvalue weighted by Crippen LogP contribution is -2.43. The van der Waals surface area contributed by atoms with E-state index in [2.05, 4.69) is 5.32 Å². The quantitative estimate of drug-likeness (QED) is 0.687. The fourth-order valence-corrected chi connectivity index (χ4v) is 2.67. The lowest BCUT2D eigenvalue weighted by molar-refractivity contribution is -0.147. The van der Waals surface area contributed by atoms with Gasteiger partial charge >= 0.3 is 5.97 Å². The Morgan fingerprint density at radius 3 is 2.58 bits per heavy atom. The molecule has 0 heterocycles. The van der Waals surface area contributed by atoms with Gasteiger partial charge in [0.05, 0.1) is 13.2 Å². The Labute approximate surface area is 116 Å². The highest BCUT2D eigenvalue weighted by atomic mass is 16.5. The number of ether oxygens (including phenoxy) is 2. The molecule has 0 aromatic heterocycles. The van der Waals surface area contributed by atoms with Crippen LogP contribution >= 0.6 is 0 Å². The van der Waals surface area contributed by atoms with E-state index >= 15 is 0 Å². The van der Waals surface area contributed by atoms with Gasteiger partial charge in [-0.15, -0.1) is 0 Å². The number of nitrogens with one attached hydrogen (secondary N) is 1. The third kappa shape index (κ3) is 5.49. The summed E-state index contributed by atoms with van der Waals surface area (Å²) in [4.78, 5) is 11.8. The van der Waals surface area contributed by atoms with Gasteiger partial charge in [0.15, 0.2) is 0 Å². The van der Waals surface area contributed by atoms with E-state index in [1.54, 1.807) is 0 Å². The fourth-order valence-electron chi connectivity index (χ4n) is 2.67. The van der Waals surface area contributed by atoms with Gasteiger partial charge in [0.2, 0.25) is 0 Å². The van der Waals surface area contributed by atoms with E-state index in [9.17, 15) is 4.79 Å². The molecule has 0 aromatic carbocycles. The van der Waals surface area contributed by atoms with Crippen LogP contribution in [-0.2, 0) is 14.3 Å². The maximum Gasteiger partial charge on any atom is 0.325 e. The second-order valence-electron chi connectivity index (χ2n) is 5.79. The van der Waals surface area contributed by atoms with Crippen LogP contribution in [0.5, 0.6) is 0 Å². The zero-order valence-electron chi connectivity index (χ0n) is 12.0. The maximum absolute atomic E-state index is 11.8. The summed E-state index contributed by atoms with van der Waals surface area (Å²) in [6.45, 7) is 3.52. The summed E-state index contributed by atoms with van der Waals surface area (Å²) >= 11 is 0. The molecule has 1 unspecified atom stereocenters. The molecular formula is C15H27NO3. The molecule has 0 aromatic rings. The van der Waals surface area contributed by atoms with Crippen molar-refractivity contribution in [3.05, 3.63) is 0 Å². The van der Waals surface area contributed by atoms with Gasteiger partial charge in [0.1, 0.15) is 6.04 Å². The molecule has 2 aliphatic rings. The molecular weight excluding hydrogens is 242 g/mol. The predicted molar refractivity (Wildman–Crippen MR) is 74.0 cm³/mol. The zero-order valence-corrected chi connectivity index (χ0v) is 12.0. The topological polar surface area (TPSA) is 47.6 Å². The number of rotatable bonds is 8. The van der Waals surface area contributed by atoms with Crippen molar-refractivity contribution in [1.29, 1.82) is 0 Å². The molecule has 19 heavy (non-hydrogen) atoms. The third-order valence-electron chi connectivity index (χ3n) is 3.95. The van der Waals surface area contributed by atoms with Gasteiger partial charge in [0, 0.05) is 12.6 Å². The van der Waals surface area contributed by atoms with Crippen molar-refractivity contribution in [3.8, 4) is 0 Å². The van der Waals surface area contributed by atoms with Crippen molar-refractivity contribution in [2.24, 2.45) is 5.92 Å². The van der Waals surface area contributed by atoms with Crippen molar-refractivity contribution in [2.75, 3.05) is 19.8 Å². The molecule has 1 N–H and O–H groups in total. The molecule has 0 saturated heterocycles. The fraction of sp³-hybridized carbons (Fsp3) is 0.933. The first-order valence-electron chi connectivity index (χ1n) is 7.80. The monoisotopic (exact) mass is 269 g/mol. The van der Waals surface area contributed by atoms with Crippen molar-refractivity contribution in [1.82, 2.24) is 5.32 Å². The minimum atomic E-state index is -0.281. The summed E-state index contributed by atoms with van der Waals surface area (Å²) in [5.41, 5.74) is 0. The smallest absolute Gasteiger partial charge is 0.325 e. The van der Waals surface area contributed by atoms with Crippen LogP contribution in [0.2, 0.25) is 0 Å². The summed E-state index contributed by atoms with van der Waals surface area (Å²) in [7, 11) is 0. The Morgan fingerprint density at radius 2 is 1.95 bits per heavy atom. The lowest BCUT2D eigenvalue weighted by atomic mass is 9.90. The predicted octanol–water partition coefficient (Wildman–Crippen LogP) is 2.27. The Kier molecular flexibility index (Phi) is 6.11. The van der Waals surface area contributed by atoms with Crippen molar-refractivity contribution in [3.63, 3.8) is 0 Å². The van der Waals surface area contributed by atoms with E-state index in [1.165, 1.54) is 44.9 Å². The molecule has 2 fully saturated rings. The van der Waals surface area contributed by atoms with Crippen molar-refractivity contribution in [2.45, 2.75) is 64.0 Å². The van der Waals surface area contributed by atoms with Gasteiger partial charge in [-0.2, -0.15) is 0 Å². The van der Waals surface area contributed by atoms with Crippen molar-refractivity contribution < 1.29 is 14.3 Å². The highest BCUT2D eigenvalue weighted by Crippen LogP contribution is 2.24. The van der Waals surface area contributed by atoms with Crippen LogP contribution in [0.3, 0.4) is 0 Å². The molecule has 0 radical (unpaired) electrons. The molecule has 4 heteroatoms. The van der Waals surface area contributed by atoms with Crippen LogP contribution in [0.15, 0.2) is 0 Å². The summed E-state index contributed by atoms with van der Waals surface area (Å²) in [5, 5.41) is 3.31. The summed E-state index contributed by atoms with van der Waals surface area (Å²) in [6, 6.07) is 0.212. The molecule has 2 aliphatic carbocycles. The van der Waals surface area contributed by atoms with E-state index in [0.29, 0.717) is 25.2 Å². The summed E-state index contributed by atoms with van der Waals surface area (Å²) < 4.78 is 10.9. The Hall–Kier alpha value is -0.610. The van der Waals surface area contributed by atoms with Gasteiger partial charge in [-0.25, -0.2) is 0 Å². The second kappa shape index (κ2) is 7.85. The molecule has 0 aliphatic heterocycles. The van der Waals surface area contributed by atoms with Crippen LogP contribution in [0.1, 0.15) is 51.9 Å². The molecule has 110 valence electrons. The Balaban J connectivity index is 1.67. The average molecular weight is 269 g/mol. The highest BCUT2D eigenvalue weighted by molar-refractivity contribution is 5.76. The highest BCUT2D eigenvalue weighted by Gasteiger charge is 2.29. The Bertz CT molecular complexity index is 273. The van der Waals surface area contributed by atoms with E-state index < -0.39 is 0 Å². The van der Waals surface area contributed by atoms with Gasteiger partial charge in [-0.3, -0.25) is 10.1 Å². The SMILES string of the molecule is CCOC(=O)C(COCC1CCCCC1)NC1CC1. The minimum Gasteiger partial charge on any atom is -0.465 e. The third-order valence-corrected chi connectivity index (χ3v) is 3.95. The van der Waals surface area contributed by atoms with E-state index in [-0.39, 0.29) is 12.0 Å². The molecule has 2 saturated carbocycles. The largest absolute Gasteiger partial charge is 0.465 e. The summed E-state index contributed by atoms with van der Waals surface area (Å²) in [6.07, 6.45) is 8.91. The lowest BCUT2D eigenvalue weighted by Gasteiger charge is -2.23. The first kappa shape index (κ1) is 14.8. The first-order valence-corrected chi connectivity index (χ1v) is 7.80. The number of esters is 1. The molecule has 2 rings (SSSR count). The number of hydrogen-bond donors (Lipinski definition) is 1. The standard InChI is InChI=1S/C15H27NO3/c1-2-19-15(17)14(16-13-8-9-13)11-18-10-12-6-4-3-5-7-12/h12-14,16H,2-11H2,1H3. The zero-order chi connectivity index (χ0) is 13.5. The maximum atomic E-state index is 11.8. The van der Waals surface area contributed by atoms with Gasteiger partial charge in [-0.05, 0) is 38.5 Å². The van der Waals surface area contributed by atoms with Gasteiger partial charge in [-0.1, -0.05) is 19.3 Å². The number of hydrogen-bond acceptors (Lipinski definition) is 4. The molecule has 0 bridgehead atoms. The van der Waals surface area contributed by atoms with E-state index in [4.69, 9.17) is 9.47 Å². The normalized spacial score (nSPS) is 22.2. The van der Waals surface area contributed by atoms with Crippen LogP contribution in [0, 0.1) is 5.92 Å². The Morgan fingerprint density at radius 1 is 1.21 bits per heavy atom. The number of carbonyl (C=O) groups is 1. The second-order valence-corrected chi connectivity index (χ2v) is 5.79.